The quantitative estimate of drug-likeness (QED) is 0.898. The molecule has 0 amide bonds. The first kappa shape index (κ1) is 11.7. The number of anilines is 1. The van der Waals surface area contributed by atoms with Gasteiger partial charge in [-0.3, -0.25) is 0 Å². The van der Waals surface area contributed by atoms with Crippen LogP contribution in [0.15, 0.2) is 24.3 Å². The fourth-order valence-corrected chi connectivity index (χ4v) is 2.31. The van der Waals surface area contributed by atoms with Gasteiger partial charge in [-0.15, -0.1) is 0 Å². The maximum absolute atomic E-state index is 12.9. The summed E-state index contributed by atoms with van der Waals surface area (Å²) in [6.45, 7) is 0. The van der Waals surface area contributed by atoms with Gasteiger partial charge < -0.3 is 5.73 Å². The van der Waals surface area contributed by atoms with Gasteiger partial charge in [-0.05, 0) is 37.1 Å². The fraction of sp³-hybridized carbons (Fsp3) is 0.286. The molecule has 1 fully saturated rings. The minimum atomic E-state index is -0.311. The monoisotopic (exact) mass is 256 g/mol. The minimum Gasteiger partial charge on any atom is -0.382 e. The van der Waals surface area contributed by atoms with Crippen LogP contribution in [0.1, 0.15) is 36.4 Å². The number of nitrogens with zero attached hydrogens (tertiary/aromatic N) is 3. The summed E-state index contributed by atoms with van der Waals surface area (Å²) in [7, 11) is 0. The van der Waals surface area contributed by atoms with Gasteiger partial charge in [0.15, 0.2) is 0 Å². The predicted octanol–water partition coefficient (Wildman–Crippen LogP) is 2.73. The Morgan fingerprint density at radius 1 is 1.32 bits per heavy atom. The Labute approximate surface area is 110 Å². The first-order chi connectivity index (χ1) is 9.20. The van der Waals surface area contributed by atoms with Crippen molar-refractivity contribution in [3.8, 4) is 11.8 Å². The lowest BCUT2D eigenvalue weighted by Crippen LogP contribution is -2.11. The zero-order chi connectivity index (χ0) is 13.4. The summed E-state index contributed by atoms with van der Waals surface area (Å²) in [5, 5.41) is 13.7. The lowest BCUT2D eigenvalue weighted by Gasteiger charge is -2.23. The van der Waals surface area contributed by atoms with E-state index in [2.05, 4.69) is 11.2 Å². The lowest BCUT2D eigenvalue weighted by atomic mass is 9.82. The average Bonchev–Trinajstić information content (AvgIpc) is 2.65. The van der Waals surface area contributed by atoms with Crippen LogP contribution < -0.4 is 5.73 Å². The molecule has 0 aliphatic heterocycles. The van der Waals surface area contributed by atoms with Gasteiger partial charge >= 0.3 is 0 Å². The summed E-state index contributed by atoms with van der Waals surface area (Å²) in [4.78, 5) is 0. The van der Waals surface area contributed by atoms with E-state index in [0.717, 1.165) is 18.5 Å². The van der Waals surface area contributed by atoms with Crippen molar-refractivity contribution in [2.75, 3.05) is 5.73 Å². The van der Waals surface area contributed by atoms with Crippen molar-refractivity contribution >= 4 is 5.82 Å². The van der Waals surface area contributed by atoms with Crippen molar-refractivity contribution < 1.29 is 4.39 Å². The van der Waals surface area contributed by atoms with Crippen LogP contribution in [0.2, 0.25) is 0 Å². The summed E-state index contributed by atoms with van der Waals surface area (Å²) in [5.41, 5.74) is 7.88. The molecule has 19 heavy (non-hydrogen) atoms. The smallest absolute Gasteiger partial charge is 0.145 e. The summed E-state index contributed by atoms with van der Waals surface area (Å²) in [6, 6.07) is 8.04. The van der Waals surface area contributed by atoms with Crippen molar-refractivity contribution in [2.24, 2.45) is 0 Å². The van der Waals surface area contributed by atoms with E-state index >= 15 is 0 Å². The van der Waals surface area contributed by atoms with Crippen LogP contribution in [-0.4, -0.2) is 9.78 Å². The first-order valence-corrected chi connectivity index (χ1v) is 6.25. The third kappa shape index (κ3) is 1.85. The summed E-state index contributed by atoms with van der Waals surface area (Å²) in [6.07, 6.45) is 3.27. The third-order valence-corrected chi connectivity index (χ3v) is 3.62. The maximum Gasteiger partial charge on any atom is 0.145 e. The van der Waals surface area contributed by atoms with Crippen LogP contribution in [0.3, 0.4) is 0 Å². The van der Waals surface area contributed by atoms with Crippen LogP contribution >= 0.6 is 0 Å². The van der Waals surface area contributed by atoms with Crippen molar-refractivity contribution in [1.82, 2.24) is 9.78 Å². The van der Waals surface area contributed by atoms with E-state index in [1.807, 2.05) is 0 Å². The molecule has 1 aliphatic rings. The molecule has 5 heteroatoms. The Morgan fingerprint density at radius 2 is 2.00 bits per heavy atom. The van der Waals surface area contributed by atoms with Gasteiger partial charge in [0.25, 0.3) is 0 Å². The van der Waals surface area contributed by atoms with Gasteiger partial charge in [-0.2, -0.15) is 10.4 Å². The van der Waals surface area contributed by atoms with Crippen molar-refractivity contribution in [1.29, 1.82) is 5.26 Å². The van der Waals surface area contributed by atoms with Crippen molar-refractivity contribution in [2.45, 2.75) is 25.2 Å². The number of benzene rings is 1. The largest absolute Gasteiger partial charge is 0.382 e. The van der Waals surface area contributed by atoms with Crippen molar-refractivity contribution in [3.05, 3.63) is 41.3 Å². The van der Waals surface area contributed by atoms with Crippen molar-refractivity contribution in [3.63, 3.8) is 0 Å². The molecule has 0 unspecified atom stereocenters. The van der Waals surface area contributed by atoms with Gasteiger partial charge in [0.05, 0.1) is 11.4 Å². The summed E-state index contributed by atoms with van der Waals surface area (Å²) >= 11 is 0. The van der Waals surface area contributed by atoms with Crippen LogP contribution in [0, 0.1) is 17.1 Å². The predicted molar refractivity (Wildman–Crippen MR) is 69.2 cm³/mol. The summed E-state index contributed by atoms with van der Waals surface area (Å²) in [5.74, 6) is 0.351. The van der Waals surface area contributed by atoms with E-state index < -0.39 is 0 Å². The number of nitriles is 1. The Bertz CT molecular complexity index is 647. The molecule has 1 aliphatic carbocycles. The average molecular weight is 256 g/mol. The van der Waals surface area contributed by atoms with Crippen LogP contribution in [0.25, 0.3) is 5.69 Å². The Morgan fingerprint density at radius 3 is 2.53 bits per heavy atom. The number of hydrogen-bond donors (Lipinski definition) is 1. The molecule has 0 bridgehead atoms. The van der Waals surface area contributed by atoms with Gasteiger partial charge in [-0.25, -0.2) is 9.07 Å². The summed E-state index contributed by atoms with van der Waals surface area (Å²) < 4.78 is 14.5. The third-order valence-electron chi connectivity index (χ3n) is 3.62. The maximum atomic E-state index is 12.9. The molecule has 2 aromatic rings. The SMILES string of the molecule is N#Cc1c(C2CCC2)nn(-c2ccc(F)cc2)c1N. The number of aromatic nitrogens is 2. The van der Waals surface area contributed by atoms with E-state index in [0.29, 0.717) is 23.0 Å². The number of nitrogen functional groups attached to an aromatic ring is 1. The molecule has 1 heterocycles. The molecule has 3 rings (SSSR count). The number of hydrogen-bond acceptors (Lipinski definition) is 3. The Kier molecular flexibility index (Phi) is 2.71. The zero-order valence-electron chi connectivity index (χ0n) is 10.3. The normalized spacial score (nSPS) is 14.9. The van der Waals surface area contributed by atoms with E-state index in [4.69, 9.17) is 5.73 Å². The Hall–Kier alpha value is -2.35. The van der Waals surface area contributed by atoms with E-state index in [1.54, 1.807) is 12.1 Å². The van der Waals surface area contributed by atoms with Gasteiger partial charge in [0, 0.05) is 5.92 Å². The highest BCUT2D eigenvalue weighted by Crippen LogP contribution is 2.39. The molecule has 0 saturated heterocycles. The molecular formula is C14H13FN4. The van der Waals surface area contributed by atoms with E-state index in [9.17, 15) is 9.65 Å². The zero-order valence-corrected chi connectivity index (χ0v) is 10.3. The van der Waals surface area contributed by atoms with Crippen LogP contribution in [-0.2, 0) is 0 Å². The number of nitrogens with two attached hydrogens (primary N) is 1. The topological polar surface area (TPSA) is 67.6 Å². The number of halogens is 1. The highest BCUT2D eigenvalue weighted by Gasteiger charge is 2.28. The molecule has 96 valence electrons. The number of rotatable bonds is 2. The lowest BCUT2D eigenvalue weighted by molar-refractivity contribution is 0.408. The minimum absolute atomic E-state index is 0.311. The second kappa shape index (κ2) is 4.39. The molecular weight excluding hydrogens is 243 g/mol. The molecule has 0 atom stereocenters. The molecule has 0 spiro atoms. The first-order valence-electron chi connectivity index (χ1n) is 6.25. The molecule has 1 saturated carbocycles. The van der Waals surface area contributed by atoms with E-state index in [-0.39, 0.29) is 5.82 Å². The van der Waals surface area contributed by atoms with Gasteiger partial charge in [-0.1, -0.05) is 6.42 Å². The van der Waals surface area contributed by atoms with Gasteiger partial charge in [0.1, 0.15) is 23.3 Å². The molecule has 1 aromatic heterocycles. The molecule has 0 radical (unpaired) electrons. The van der Waals surface area contributed by atoms with Crippen LogP contribution in [0.4, 0.5) is 10.2 Å². The van der Waals surface area contributed by atoms with Crippen LogP contribution in [0.5, 0.6) is 0 Å². The highest BCUT2D eigenvalue weighted by molar-refractivity contribution is 5.57. The van der Waals surface area contributed by atoms with E-state index in [1.165, 1.54) is 23.2 Å². The highest BCUT2D eigenvalue weighted by atomic mass is 19.1. The Balaban J connectivity index is 2.09. The molecule has 1 aromatic carbocycles. The second-order valence-electron chi connectivity index (χ2n) is 4.77. The fourth-order valence-electron chi connectivity index (χ4n) is 2.31. The standard InChI is InChI=1S/C14H13FN4/c15-10-4-6-11(7-5-10)19-14(17)12(8-16)13(18-19)9-2-1-3-9/h4-7,9H,1-3,17H2. The molecule has 2 N–H and O–H groups in total. The van der Waals surface area contributed by atoms with Gasteiger partial charge in [0.2, 0.25) is 0 Å². The molecule has 4 nitrogen and oxygen atoms in total. The second-order valence-corrected chi connectivity index (χ2v) is 4.77.